The Morgan fingerprint density at radius 3 is 2.56 bits per heavy atom. The van der Waals surface area contributed by atoms with Gasteiger partial charge in [-0.2, -0.15) is 0 Å². The van der Waals surface area contributed by atoms with Crippen LogP contribution in [0.2, 0.25) is 0 Å². The average molecular weight is 333 g/mol. The van der Waals surface area contributed by atoms with Crippen LogP contribution in [0.1, 0.15) is 33.1 Å². The van der Waals surface area contributed by atoms with Gasteiger partial charge in [-0.25, -0.2) is 0 Å². The molecule has 0 heterocycles. The van der Waals surface area contributed by atoms with E-state index in [2.05, 4.69) is 19.9 Å². The molecule has 0 nitrogen and oxygen atoms in total. The van der Waals surface area contributed by atoms with Crippen LogP contribution >= 0.6 is 8.25 Å². The van der Waals surface area contributed by atoms with Crippen molar-refractivity contribution in [2.24, 2.45) is 0 Å². The number of rotatable bonds is 4. The Morgan fingerprint density at radius 1 is 1.56 bits per heavy atom. The molecule has 0 unspecified atom stereocenters. The maximum atomic E-state index is 5.86. The third-order valence-corrected chi connectivity index (χ3v) is 8.76. The van der Waals surface area contributed by atoms with E-state index in [4.69, 9.17) is 8.25 Å². The van der Waals surface area contributed by atoms with Gasteiger partial charge in [0.15, 0.2) is 0 Å². The van der Waals surface area contributed by atoms with Gasteiger partial charge < -0.3 is 0 Å². The first-order valence-corrected chi connectivity index (χ1v) is 13.1. The van der Waals surface area contributed by atoms with E-state index < -0.39 is 23.3 Å². The molecule has 0 aromatic rings. The van der Waals surface area contributed by atoms with E-state index in [1.165, 1.54) is 19.3 Å². The third-order valence-electron chi connectivity index (χ3n) is 1.35. The van der Waals surface area contributed by atoms with Crippen molar-refractivity contribution in [3.05, 3.63) is 9.16 Å². The van der Waals surface area contributed by atoms with Gasteiger partial charge in [0.25, 0.3) is 0 Å². The Hall–Kier alpha value is 0.965. The van der Waals surface area contributed by atoms with Crippen LogP contribution in [-0.4, -0.2) is 0 Å². The Bertz CT molecular complexity index is 82.9. The summed E-state index contributed by atoms with van der Waals surface area (Å²) in [5, 5.41) is 0. The zero-order chi connectivity index (χ0) is 7.11. The quantitative estimate of drug-likeness (QED) is 0.693. The van der Waals surface area contributed by atoms with Crippen molar-refractivity contribution < 1.29 is 23.3 Å². The molecule has 0 aliphatic heterocycles. The van der Waals surface area contributed by atoms with Crippen molar-refractivity contribution >= 4 is 8.25 Å². The fourth-order valence-electron chi connectivity index (χ4n) is 0.642. The van der Waals surface area contributed by atoms with E-state index in [-0.39, 0.29) is 0 Å². The molecule has 0 aromatic heterocycles. The van der Waals surface area contributed by atoms with Crippen LogP contribution in [-0.2, 0) is 23.3 Å². The standard InChI is InChI=1S/C7H13.ClH.Hg/c1-3-5-7-6-4-2;;/h7H,3-5H2,1-2H3;1H;/q;;+1/p-1. The molecular weight excluding hydrogens is 320 g/mol. The van der Waals surface area contributed by atoms with Gasteiger partial charge in [0.1, 0.15) is 0 Å². The second-order valence-electron chi connectivity index (χ2n) is 2.14. The Morgan fingerprint density at radius 2 is 2.22 bits per heavy atom. The van der Waals surface area contributed by atoms with E-state index in [1.54, 1.807) is 3.08 Å². The molecule has 0 rings (SSSR count). The number of hydrogen-bond donors (Lipinski definition) is 0. The van der Waals surface area contributed by atoms with E-state index >= 15 is 0 Å². The maximum absolute atomic E-state index is 5.86. The van der Waals surface area contributed by atoms with Crippen molar-refractivity contribution in [1.82, 2.24) is 0 Å². The minimum atomic E-state index is -0.997. The predicted molar refractivity (Wildman–Crippen MR) is 39.1 cm³/mol. The van der Waals surface area contributed by atoms with Gasteiger partial charge in [-0.3, -0.25) is 0 Å². The SMILES string of the molecule is CCC/C=[C](\CC)[Hg][Cl]. The van der Waals surface area contributed by atoms with E-state index in [0.29, 0.717) is 0 Å². The van der Waals surface area contributed by atoms with Gasteiger partial charge in [-0.15, -0.1) is 0 Å². The number of halogens is 1. The minimum absolute atomic E-state index is 0.997. The van der Waals surface area contributed by atoms with E-state index in [9.17, 15) is 0 Å². The summed E-state index contributed by atoms with van der Waals surface area (Å²) in [4.78, 5) is 0. The molecule has 0 saturated heterocycles. The van der Waals surface area contributed by atoms with Gasteiger partial charge in [0.05, 0.1) is 0 Å². The second-order valence-corrected chi connectivity index (χ2v) is 9.05. The number of allylic oxidation sites excluding steroid dienone is 2. The number of hydrogen-bond acceptors (Lipinski definition) is 0. The van der Waals surface area contributed by atoms with Crippen molar-refractivity contribution in [2.75, 3.05) is 0 Å². The van der Waals surface area contributed by atoms with Crippen LogP contribution in [0.15, 0.2) is 9.16 Å². The molecule has 0 aliphatic rings. The molecule has 0 atom stereocenters. The molecule has 0 fully saturated rings. The van der Waals surface area contributed by atoms with Crippen LogP contribution in [0.4, 0.5) is 0 Å². The molecule has 0 saturated carbocycles. The Kier molecular flexibility index (Phi) is 7.84. The first-order valence-electron chi connectivity index (χ1n) is 3.59. The summed E-state index contributed by atoms with van der Waals surface area (Å²) in [7, 11) is 5.86. The van der Waals surface area contributed by atoms with Crippen LogP contribution in [0, 0.1) is 0 Å². The fraction of sp³-hybridized carbons (Fsp3) is 0.714. The second kappa shape index (κ2) is 7.08. The molecule has 0 spiro atoms. The predicted octanol–water partition coefficient (Wildman–Crippen LogP) is 3.32. The summed E-state index contributed by atoms with van der Waals surface area (Å²) >= 11 is -0.997. The summed E-state index contributed by atoms with van der Waals surface area (Å²) in [5.41, 5.74) is 0. The van der Waals surface area contributed by atoms with Crippen molar-refractivity contribution in [1.29, 1.82) is 0 Å². The van der Waals surface area contributed by atoms with Crippen LogP contribution < -0.4 is 0 Å². The molecule has 0 amide bonds. The fourth-order valence-corrected chi connectivity index (χ4v) is 5.21. The summed E-state index contributed by atoms with van der Waals surface area (Å²) < 4.78 is 1.60. The Labute approximate surface area is 73.5 Å². The molecular formula is C7H13ClHg. The first kappa shape index (κ1) is 9.97. The van der Waals surface area contributed by atoms with E-state index in [0.717, 1.165) is 0 Å². The zero-order valence-electron chi connectivity index (χ0n) is 6.28. The monoisotopic (exact) mass is 334 g/mol. The van der Waals surface area contributed by atoms with Crippen molar-refractivity contribution in [3.8, 4) is 0 Å². The molecule has 0 bridgehead atoms. The molecule has 0 N–H and O–H groups in total. The summed E-state index contributed by atoms with van der Waals surface area (Å²) in [6.07, 6.45) is 6.03. The molecule has 0 aliphatic carbocycles. The Balaban J connectivity index is 3.48. The molecule has 0 radical (unpaired) electrons. The zero-order valence-corrected chi connectivity index (χ0v) is 12.5. The van der Waals surface area contributed by atoms with Gasteiger partial charge >= 0.3 is 73.9 Å². The molecule has 0 aromatic carbocycles. The van der Waals surface area contributed by atoms with Gasteiger partial charge in [0, 0.05) is 0 Å². The average Bonchev–Trinajstić information content (AvgIpc) is 1.91. The topological polar surface area (TPSA) is 0 Å². The normalized spacial score (nSPS) is 11.2. The molecule has 9 heavy (non-hydrogen) atoms. The van der Waals surface area contributed by atoms with Crippen LogP contribution in [0.3, 0.4) is 0 Å². The molecule has 50 valence electrons. The van der Waals surface area contributed by atoms with Crippen molar-refractivity contribution in [2.45, 2.75) is 33.1 Å². The number of unbranched alkanes of at least 4 members (excludes halogenated alkanes) is 1. The van der Waals surface area contributed by atoms with E-state index in [1.807, 2.05) is 0 Å². The van der Waals surface area contributed by atoms with Crippen LogP contribution in [0.25, 0.3) is 0 Å². The first-order chi connectivity index (χ1) is 4.35. The third kappa shape index (κ3) is 5.41. The van der Waals surface area contributed by atoms with Crippen molar-refractivity contribution in [3.63, 3.8) is 0 Å². The van der Waals surface area contributed by atoms with Gasteiger partial charge in [-0.1, -0.05) is 0 Å². The summed E-state index contributed by atoms with van der Waals surface area (Å²) in [6, 6.07) is 0. The van der Waals surface area contributed by atoms with Gasteiger partial charge in [0.2, 0.25) is 0 Å². The summed E-state index contributed by atoms with van der Waals surface area (Å²) in [6.45, 7) is 4.40. The summed E-state index contributed by atoms with van der Waals surface area (Å²) in [5.74, 6) is 0. The molecule has 2 heteroatoms. The van der Waals surface area contributed by atoms with Crippen LogP contribution in [0.5, 0.6) is 0 Å². The van der Waals surface area contributed by atoms with Gasteiger partial charge in [-0.05, 0) is 0 Å².